The van der Waals surface area contributed by atoms with E-state index in [0.29, 0.717) is 0 Å². The van der Waals surface area contributed by atoms with Gasteiger partial charge in [0.25, 0.3) is 0 Å². The zero-order valence-corrected chi connectivity index (χ0v) is 8.49. The summed E-state index contributed by atoms with van der Waals surface area (Å²) in [6.07, 6.45) is 1.80. The van der Waals surface area contributed by atoms with Gasteiger partial charge in [0.2, 0.25) is 0 Å². The van der Waals surface area contributed by atoms with Crippen LogP contribution >= 0.6 is 0 Å². The highest BCUT2D eigenvalue weighted by atomic mass is 16.3. The number of nitrogens with zero attached hydrogens (tertiary/aromatic N) is 1. The molecule has 0 unspecified atom stereocenters. The Morgan fingerprint density at radius 2 is 2.07 bits per heavy atom. The van der Waals surface area contributed by atoms with E-state index in [1.54, 1.807) is 18.3 Å². The number of phenolic OH excluding ortho intramolecular Hbond substituents is 1. The molecule has 0 saturated carbocycles. The molecule has 4 nitrogen and oxygen atoms in total. The number of aromatic hydroxyl groups is 1. The molecule has 0 atom stereocenters. The van der Waals surface area contributed by atoms with E-state index in [1.807, 2.05) is 19.2 Å². The van der Waals surface area contributed by atoms with E-state index in [9.17, 15) is 0 Å². The van der Waals surface area contributed by atoms with Crippen molar-refractivity contribution in [2.45, 2.75) is 6.54 Å². The Kier molecular flexibility index (Phi) is 2.69. The van der Waals surface area contributed by atoms with Crippen LogP contribution in [0.3, 0.4) is 0 Å². The second-order valence-electron chi connectivity index (χ2n) is 3.33. The molecular weight excluding hydrogens is 190 g/mol. The Labute approximate surface area is 88.0 Å². The standard InChI is InChI=1S/C11H13N3O/c1-12-6-9-7-13-11(14-9)8-2-4-10(15)5-3-8/h2-5,7,12,15H,6H2,1H3,(H,13,14). The summed E-state index contributed by atoms with van der Waals surface area (Å²) in [6.45, 7) is 0.769. The van der Waals surface area contributed by atoms with Gasteiger partial charge in [-0.3, -0.25) is 0 Å². The van der Waals surface area contributed by atoms with Gasteiger partial charge in [-0.05, 0) is 31.3 Å². The lowest BCUT2D eigenvalue weighted by molar-refractivity contribution is 0.475. The molecule has 15 heavy (non-hydrogen) atoms. The van der Waals surface area contributed by atoms with Crippen LogP contribution in [0.4, 0.5) is 0 Å². The zero-order valence-electron chi connectivity index (χ0n) is 8.49. The summed E-state index contributed by atoms with van der Waals surface area (Å²) in [5.74, 6) is 1.08. The van der Waals surface area contributed by atoms with Crippen molar-refractivity contribution in [1.29, 1.82) is 0 Å². The fraction of sp³-hybridized carbons (Fsp3) is 0.182. The van der Waals surface area contributed by atoms with Crippen LogP contribution in [0.1, 0.15) is 5.69 Å². The van der Waals surface area contributed by atoms with Crippen LogP contribution in [0.25, 0.3) is 11.4 Å². The summed E-state index contributed by atoms with van der Waals surface area (Å²) in [4.78, 5) is 7.45. The molecule has 0 bridgehead atoms. The molecule has 0 fully saturated rings. The first-order valence-electron chi connectivity index (χ1n) is 4.77. The van der Waals surface area contributed by atoms with Crippen molar-refractivity contribution in [3.8, 4) is 17.1 Å². The van der Waals surface area contributed by atoms with E-state index < -0.39 is 0 Å². The molecule has 0 aliphatic heterocycles. The van der Waals surface area contributed by atoms with Crippen LogP contribution in [0.2, 0.25) is 0 Å². The molecule has 4 heteroatoms. The molecule has 1 aromatic carbocycles. The first-order chi connectivity index (χ1) is 7.29. The van der Waals surface area contributed by atoms with Gasteiger partial charge in [-0.2, -0.15) is 0 Å². The van der Waals surface area contributed by atoms with E-state index >= 15 is 0 Å². The normalized spacial score (nSPS) is 10.5. The summed E-state index contributed by atoms with van der Waals surface area (Å²) in [5, 5.41) is 12.2. The van der Waals surface area contributed by atoms with Crippen molar-refractivity contribution in [2.75, 3.05) is 7.05 Å². The van der Waals surface area contributed by atoms with Crippen LogP contribution < -0.4 is 5.32 Å². The topological polar surface area (TPSA) is 60.9 Å². The fourth-order valence-corrected chi connectivity index (χ4v) is 1.41. The van der Waals surface area contributed by atoms with Crippen LogP contribution in [0, 0.1) is 0 Å². The number of benzene rings is 1. The highest BCUT2D eigenvalue weighted by molar-refractivity contribution is 5.56. The maximum absolute atomic E-state index is 9.15. The van der Waals surface area contributed by atoms with Crippen molar-refractivity contribution in [2.24, 2.45) is 0 Å². The second-order valence-corrected chi connectivity index (χ2v) is 3.33. The summed E-state index contributed by atoms with van der Waals surface area (Å²) < 4.78 is 0. The first kappa shape index (κ1) is 9.73. The minimum absolute atomic E-state index is 0.265. The Bertz CT molecular complexity index is 433. The summed E-state index contributed by atoms with van der Waals surface area (Å²) in [6, 6.07) is 6.96. The van der Waals surface area contributed by atoms with Gasteiger partial charge >= 0.3 is 0 Å². The van der Waals surface area contributed by atoms with Gasteiger partial charge in [0.15, 0.2) is 0 Å². The van der Waals surface area contributed by atoms with Gasteiger partial charge in [0.05, 0.1) is 0 Å². The Morgan fingerprint density at radius 3 is 2.73 bits per heavy atom. The van der Waals surface area contributed by atoms with Gasteiger partial charge in [0, 0.05) is 24.0 Å². The summed E-state index contributed by atoms with van der Waals surface area (Å²) in [7, 11) is 1.89. The molecular formula is C11H13N3O. The number of hydrogen-bond donors (Lipinski definition) is 3. The van der Waals surface area contributed by atoms with Crippen LogP contribution in [-0.2, 0) is 6.54 Å². The van der Waals surface area contributed by atoms with Gasteiger partial charge in [-0.1, -0.05) is 0 Å². The van der Waals surface area contributed by atoms with Crippen molar-refractivity contribution in [3.05, 3.63) is 36.2 Å². The average Bonchev–Trinajstić information content (AvgIpc) is 2.68. The molecule has 2 aromatic rings. The predicted molar refractivity (Wildman–Crippen MR) is 58.5 cm³/mol. The molecule has 78 valence electrons. The molecule has 0 spiro atoms. The van der Waals surface area contributed by atoms with E-state index in [0.717, 1.165) is 23.6 Å². The van der Waals surface area contributed by atoms with Crippen LogP contribution in [0.15, 0.2) is 30.5 Å². The maximum atomic E-state index is 9.15. The third-order valence-corrected chi connectivity index (χ3v) is 2.14. The van der Waals surface area contributed by atoms with Gasteiger partial charge in [-0.25, -0.2) is 4.98 Å². The van der Waals surface area contributed by atoms with E-state index in [-0.39, 0.29) is 5.75 Å². The Balaban J connectivity index is 2.25. The van der Waals surface area contributed by atoms with Gasteiger partial charge in [-0.15, -0.1) is 0 Å². The van der Waals surface area contributed by atoms with Crippen molar-refractivity contribution < 1.29 is 5.11 Å². The molecule has 1 heterocycles. The monoisotopic (exact) mass is 203 g/mol. The number of aromatic nitrogens is 2. The third kappa shape index (κ3) is 2.16. The minimum atomic E-state index is 0.265. The lowest BCUT2D eigenvalue weighted by atomic mass is 10.2. The first-order valence-corrected chi connectivity index (χ1v) is 4.77. The van der Waals surface area contributed by atoms with E-state index in [4.69, 9.17) is 5.11 Å². The minimum Gasteiger partial charge on any atom is -0.508 e. The third-order valence-electron chi connectivity index (χ3n) is 2.14. The molecule has 2 rings (SSSR count). The molecule has 0 aliphatic rings. The highest BCUT2D eigenvalue weighted by Gasteiger charge is 2.02. The number of phenols is 1. The number of rotatable bonds is 3. The van der Waals surface area contributed by atoms with E-state index in [2.05, 4.69) is 15.3 Å². The largest absolute Gasteiger partial charge is 0.508 e. The highest BCUT2D eigenvalue weighted by Crippen LogP contribution is 2.18. The second kappa shape index (κ2) is 4.14. The quantitative estimate of drug-likeness (QED) is 0.708. The van der Waals surface area contributed by atoms with Crippen molar-refractivity contribution in [1.82, 2.24) is 15.3 Å². The Morgan fingerprint density at radius 1 is 1.33 bits per heavy atom. The molecule has 3 N–H and O–H groups in total. The number of nitrogens with one attached hydrogen (secondary N) is 2. The van der Waals surface area contributed by atoms with E-state index in [1.165, 1.54) is 0 Å². The van der Waals surface area contributed by atoms with Crippen LogP contribution in [-0.4, -0.2) is 22.1 Å². The van der Waals surface area contributed by atoms with Crippen LogP contribution in [0.5, 0.6) is 5.75 Å². The molecule has 0 radical (unpaired) electrons. The lowest BCUT2D eigenvalue weighted by Crippen LogP contribution is -2.04. The number of H-pyrrole nitrogens is 1. The van der Waals surface area contributed by atoms with Gasteiger partial charge in [0.1, 0.15) is 11.6 Å². The summed E-state index contributed by atoms with van der Waals surface area (Å²) >= 11 is 0. The maximum Gasteiger partial charge on any atom is 0.137 e. The molecule has 0 aliphatic carbocycles. The smallest absolute Gasteiger partial charge is 0.137 e. The molecule has 0 saturated heterocycles. The molecule has 1 aromatic heterocycles. The number of aromatic amines is 1. The fourth-order valence-electron chi connectivity index (χ4n) is 1.41. The van der Waals surface area contributed by atoms with Crippen molar-refractivity contribution >= 4 is 0 Å². The number of hydrogen-bond acceptors (Lipinski definition) is 3. The predicted octanol–water partition coefficient (Wildman–Crippen LogP) is 1.50. The van der Waals surface area contributed by atoms with Gasteiger partial charge < -0.3 is 15.4 Å². The summed E-state index contributed by atoms with van der Waals surface area (Å²) in [5.41, 5.74) is 2.01. The average molecular weight is 203 g/mol. The zero-order chi connectivity index (χ0) is 10.7. The lowest BCUT2D eigenvalue weighted by Gasteiger charge is -1.97. The van der Waals surface area contributed by atoms with Crippen molar-refractivity contribution in [3.63, 3.8) is 0 Å². The Hall–Kier alpha value is -1.81. The molecule has 0 amide bonds. The SMILES string of the molecule is CNCc1cnc(-c2ccc(O)cc2)[nH]1. The number of imidazole rings is 1.